The third-order valence-electron chi connectivity index (χ3n) is 8.27. The van der Waals surface area contributed by atoms with Gasteiger partial charge in [0, 0.05) is 77.7 Å². The fourth-order valence-corrected chi connectivity index (χ4v) is 8.84. The van der Waals surface area contributed by atoms with Crippen LogP contribution in [0, 0.1) is 5.82 Å². The number of fused-ring (bicyclic) bond motifs is 1. The number of aliphatic hydroxyl groups is 1. The van der Waals surface area contributed by atoms with Gasteiger partial charge in [-0.3, -0.25) is 9.98 Å². The number of aromatic nitrogens is 4. The number of pyridine rings is 1. The monoisotopic (exact) mass is 675 g/mol. The summed E-state index contributed by atoms with van der Waals surface area (Å²) in [5, 5.41) is 16.7. The Morgan fingerprint density at radius 3 is 2.62 bits per heavy atom. The van der Waals surface area contributed by atoms with E-state index in [1.165, 1.54) is 29.5 Å². The molecule has 1 aliphatic carbocycles. The highest BCUT2D eigenvalue weighted by atomic mass is 35.5. The maximum absolute atomic E-state index is 14.1. The molecule has 16 heteroatoms. The molecule has 2 aliphatic heterocycles. The molecular formula is C29H25ClF3N7O3S2. The van der Waals surface area contributed by atoms with E-state index in [-0.39, 0.29) is 36.5 Å². The van der Waals surface area contributed by atoms with Crippen LogP contribution in [0.3, 0.4) is 0 Å². The zero-order valence-corrected chi connectivity index (χ0v) is 25.7. The number of thiazole rings is 1. The van der Waals surface area contributed by atoms with E-state index in [1.54, 1.807) is 36.0 Å². The summed E-state index contributed by atoms with van der Waals surface area (Å²) in [5.41, 5.74) is 0.754. The van der Waals surface area contributed by atoms with Gasteiger partial charge in [0.1, 0.15) is 17.5 Å². The number of sulfonamides is 1. The standard InChI is InChI=1S/C29H25ClF3N7O3S2/c30-20-11-16(31)4-5-19(20)25-24(21-6-9-40(37-21)28(32)33)22-12-17(15-39(22)26(36-25)27-35-8-10-44-27)38-45(42,43)18-13-29(41,14-18)23-3-1-2-7-34-23/h1-11,17-18,25,28,38,41H,12-15H2/t17-,18?,25-,29?/m0/s1. The number of nitrogens with zero attached hydrogens (tertiary/aromatic N) is 6. The molecule has 3 aliphatic rings. The van der Waals surface area contributed by atoms with Gasteiger partial charge >= 0.3 is 6.55 Å². The van der Waals surface area contributed by atoms with Crippen LogP contribution in [0.15, 0.2) is 77.1 Å². The van der Waals surface area contributed by atoms with E-state index in [2.05, 4.69) is 19.8 Å². The Hall–Kier alpha value is -3.63. The molecule has 0 spiro atoms. The SMILES string of the molecule is O=S(=O)(N[C@H]1CC2=C(c3ccn(C(F)F)n3)[C@H](c3ccc(F)cc3Cl)N=C(c3nccs3)N2C1)C1CC(O)(c2ccccn2)C1. The summed E-state index contributed by atoms with van der Waals surface area (Å²) in [6, 6.07) is 8.92. The highest BCUT2D eigenvalue weighted by Crippen LogP contribution is 2.47. The van der Waals surface area contributed by atoms with Crippen molar-refractivity contribution in [3.63, 3.8) is 0 Å². The van der Waals surface area contributed by atoms with Crippen molar-refractivity contribution in [2.45, 2.75) is 48.7 Å². The molecule has 1 saturated heterocycles. The van der Waals surface area contributed by atoms with Crippen LogP contribution in [0.4, 0.5) is 13.2 Å². The predicted molar refractivity (Wildman–Crippen MR) is 162 cm³/mol. The largest absolute Gasteiger partial charge is 0.383 e. The summed E-state index contributed by atoms with van der Waals surface area (Å²) < 4.78 is 71.6. The number of benzene rings is 1. The number of halogens is 4. The van der Waals surface area contributed by atoms with Gasteiger partial charge in [-0.25, -0.2) is 27.2 Å². The van der Waals surface area contributed by atoms with E-state index >= 15 is 0 Å². The van der Waals surface area contributed by atoms with Crippen molar-refractivity contribution >= 4 is 44.4 Å². The van der Waals surface area contributed by atoms with Crippen LogP contribution in [0.2, 0.25) is 5.02 Å². The Morgan fingerprint density at radius 1 is 1.13 bits per heavy atom. The Morgan fingerprint density at radius 2 is 1.96 bits per heavy atom. The lowest BCUT2D eigenvalue weighted by atomic mass is 9.77. The van der Waals surface area contributed by atoms with Gasteiger partial charge in [0.05, 0.1) is 16.6 Å². The minimum atomic E-state index is -3.89. The fourth-order valence-electron chi connectivity index (χ4n) is 6.12. The number of alkyl halides is 2. The van der Waals surface area contributed by atoms with Crippen molar-refractivity contribution in [3.05, 3.63) is 105 Å². The van der Waals surface area contributed by atoms with Gasteiger partial charge in [-0.2, -0.15) is 13.9 Å². The second-order valence-corrected chi connectivity index (χ2v) is 14.4. The molecular weight excluding hydrogens is 651 g/mol. The van der Waals surface area contributed by atoms with Crippen LogP contribution >= 0.6 is 22.9 Å². The van der Waals surface area contributed by atoms with Crippen LogP contribution < -0.4 is 4.72 Å². The van der Waals surface area contributed by atoms with E-state index in [9.17, 15) is 26.7 Å². The maximum Gasteiger partial charge on any atom is 0.333 e. The molecule has 0 radical (unpaired) electrons. The molecule has 7 rings (SSSR count). The average molecular weight is 676 g/mol. The molecule has 45 heavy (non-hydrogen) atoms. The first kappa shape index (κ1) is 30.0. The van der Waals surface area contributed by atoms with E-state index in [4.69, 9.17) is 16.6 Å². The highest BCUT2D eigenvalue weighted by Gasteiger charge is 2.52. The molecule has 10 nitrogen and oxygen atoms in total. The topological polar surface area (TPSA) is 126 Å². The van der Waals surface area contributed by atoms with Crippen molar-refractivity contribution < 1.29 is 26.7 Å². The summed E-state index contributed by atoms with van der Waals surface area (Å²) in [6.07, 6.45) is 4.47. The third-order valence-corrected chi connectivity index (χ3v) is 11.2. The zero-order valence-electron chi connectivity index (χ0n) is 23.3. The summed E-state index contributed by atoms with van der Waals surface area (Å²) >= 11 is 7.83. The minimum Gasteiger partial charge on any atom is -0.383 e. The summed E-state index contributed by atoms with van der Waals surface area (Å²) in [4.78, 5) is 15.4. The molecule has 5 heterocycles. The summed E-state index contributed by atoms with van der Waals surface area (Å²) in [7, 11) is -3.89. The van der Waals surface area contributed by atoms with Crippen molar-refractivity contribution in [2.24, 2.45) is 4.99 Å². The number of nitrogens with one attached hydrogen (secondary N) is 1. The number of hydrogen-bond donors (Lipinski definition) is 2. The van der Waals surface area contributed by atoms with Gasteiger partial charge in [-0.1, -0.05) is 23.7 Å². The van der Waals surface area contributed by atoms with Crippen molar-refractivity contribution in [2.75, 3.05) is 6.54 Å². The summed E-state index contributed by atoms with van der Waals surface area (Å²) in [5.74, 6) is -0.111. The maximum atomic E-state index is 14.1. The van der Waals surface area contributed by atoms with E-state index in [1.807, 2.05) is 4.90 Å². The Balaban J connectivity index is 1.26. The molecule has 0 bridgehead atoms. The van der Waals surface area contributed by atoms with Gasteiger partial charge in [-0.05, 0) is 30.3 Å². The van der Waals surface area contributed by atoms with Crippen LogP contribution in [0.25, 0.3) is 5.57 Å². The van der Waals surface area contributed by atoms with Crippen LogP contribution in [-0.4, -0.2) is 61.8 Å². The zero-order chi connectivity index (χ0) is 31.5. The van der Waals surface area contributed by atoms with E-state index in [0.29, 0.717) is 38.1 Å². The minimum absolute atomic E-state index is 0.00818. The molecule has 2 N–H and O–H groups in total. The molecule has 0 unspecified atom stereocenters. The second kappa shape index (κ2) is 11.3. The molecule has 0 amide bonds. The number of amidine groups is 1. The Bertz CT molecular complexity index is 1910. The van der Waals surface area contributed by atoms with Crippen molar-refractivity contribution in [1.29, 1.82) is 0 Å². The molecule has 1 aromatic carbocycles. The van der Waals surface area contributed by atoms with Crippen LogP contribution in [0.1, 0.15) is 53.8 Å². The number of aliphatic imine (C=N–C) groups is 1. The van der Waals surface area contributed by atoms with E-state index < -0.39 is 45.3 Å². The molecule has 3 aromatic heterocycles. The van der Waals surface area contributed by atoms with Gasteiger partial charge < -0.3 is 10.0 Å². The fraction of sp³-hybridized carbons (Fsp3) is 0.310. The normalized spacial score (nSPS) is 25.0. The van der Waals surface area contributed by atoms with Crippen LogP contribution in [0.5, 0.6) is 0 Å². The summed E-state index contributed by atoms with van der Waals surface area (Å²) in [6.45, 7) is -2.71. The molecule has 2 atom stereocenters. The first-order valence-electron chi connectivity index (χ1n) is 13.9. The average Bonchev–Trinajstić information content (AvgIpc) is 3.76. The lowest BCUT2D eigenvalue weighted by molar-refractivity contribution is -0.0397. The Labute approximate surface area is 265 Å². The molecule has 2 fully saturated rings. The van der Waals surface area contributed by atoms with Gasteiger partial charge in [0.15, 0.2) is 10.8 Å². The quantitative estimate of drug-likeness (QED) is 0.273. The first-order chi connectivity index (χ1) is 21.5. The van der Waals surface area contributed by atoms with Crippen LogP contribution in [-0.2, 0) is 15.6 Å². The van der Waals surface area contributed by atoms with Gasteiger partial charge in [0.25, 0.3) is 0 Å². The lowest BCUT2D eigenvalue weighted by Gasteiger charge is -2.42. The predicted octanol–water partition coefficient (Wildman–Crippen LogP) is 4.88. The molecule has 1 saturated carbocycles. The van der Waals surface area contributed by atoms with Crippen molar-refractivity contribution in [1.82, 2.24) is 29.4 Å². The van der Waals surface area contributed by atoms with Gasteiger partial charge in [0.2, 0.25) is 10.0 Å². The van der Waals surface area contributed by atoms with Gasteiger partial charge in [-0.15, -0.1) is 11.3 Å². The number of hydrogen-bond acceptors (Lipinski definition) is 9. The highest BCUT2D eigenvalue weighted by molar-refractivity contribution is 7.90. The van der Waals surface area contributed by atoms with E-state index in [0.717, 1.165) is 12.3 Å². The smallest absolute Gasteiger partial charge is 0.333 e. The molecule has 234 valence electrons. The van der Waals surface area contributed by atoms with Crippen molar-refractivity contribution in [3.8, 4) is 0 Å². The third kappa shape index (κ3) is 5.46. The molecule has 4 aromatic rings. The Kier molecular flexibility index (Phi) is 7.55. The lowest BCUT2D eigenvalue weighted by Crippen LogP contribution is -2.54. The first-order valence-corrected chi connectivity index (χ1v) is 16.7. The number of rotatable bonds is 8. The second-order valence-electron chi connectivity index (χ2n) is 11.1.